The number of ether oxygens (including phenoxy) is 1. The van der Waals surface area contributed by atoms with Crippen LogP contribution < -0.4 is 5.32 Å². The Kier molecular flexibility index (Phi) is 5.72. The maximum absolute atomic E-state index is 11.6. The Balaban J connectivity index is 1.90. The Morgan fingerprint density at radius 2 is 2.38 bits per heavy atom. The molecule has 118 valence electrons. The molecule has 1 saturated heterocycles. The highest BCUT2D eigenvalue weighted by atomic mass is 16.5. The molecule has 2 N–H and O–H groups in total. The summed E-state index contributed by atoms with van der Waals surface area (Å²) in [4.78, 5) is 13.8. The molecule has 7 heteroatoms. The van der Waals surface area contributed by atoms with Crippen LogP contribution in [-0.2, 0) is 22.6 Å². The zero-order valence-corrected chi connectivity index (χ0v) is 12.7. The van der Waals surface area contributed by atoms with E-state index in [2.05, 4.69) is 22.2 Å². The number of likely N-dealkylation sites (tertiary alicyclic amines) is 1. The van der Waals surface area contributed by atoms with Crippen molar-refractivity contribution in [1.82, 2.24) is 20.0 Å². The summed E-state index contributed by atoms with van der Waals surface area (Å²) in [6.07, 6.45) is 3.90. The summed E-state index contributed by atoms with van der Waals surface area (Å²) in [5.74, 6) is -0.0753. The van der Waals surface area contributed by atoms with Crippen molar-refractivity contribution in [3.63, 3.8) is 0 Å². The monoisotopic (exact) mass is 296 g/mol. The molecule has 1 aliphatic rings. The van der Waals surface area contributed by atoms with Crippen molar-refractivity contribution in [3.8, 4) is 0 Å². The first kappa shape index (κ1) is 15.9. The van der Waals surface area contributed by atoms with Crippen LogP contribution in [0.25, 0.3) is 0 Å². The summed E-state index contributed by atoms with van der Waals surface area (Å²) in [6.45, 7) is 5.32. The maximum Gasteiger partial charge on any atom is 0.246 e. The number of hydrogen-bond acceptors (Lipinski definition) is 5. The second-order valence-electron chi connectivity index (χ2n) is 5.45. The number of aryl methyl sites for hydroxylation is 1. The quantitative estimate of drug-likeness (QED) is 0.706. The Morgan fingerprint density at radius 3 is 3.00 bits per heavy atom. The molecular formula is C14H24N4O3. The summed E-state index contributed by atoms with van der Waals surface area (Å²) in [7, 11) is 1.50. The van der Waals surface area contributed by atoms with E-state index in [0.717, 1.165) is 31.7 Å². The van der Waals surface area contributed by atoms with Gasteiger partial charge < -0.3 is 15.2 Å². The lowest BCUT2D eigenvalue weighted by atomic mass is 10.1. The summed E-state index contributed by atoms with van der Waals surface area (Å²) in [5.41, 5.74) is 1.15. The molecule has 2 atom stereocenters. The van der Waals surface area contributed by atoms with E-state index in [1.165, 1.54) is 7.11 Å². The number of nitrogens with zero attached hydrogens (tertiary/aromatic N) is 3. The van der Waals surface area contributed by atoms with Gasteiger partial charge in [-0.05, 0) is 6.92 Å². The average molecular weight is 296 g/mol. The molecule has 0 aromatic carbocycles. The average Bonchev–Trinajstić information content (AvgIpc) is 3.06. The molecule has 1 aliphatic heterocycles. The van der Waals surface area contributed by atoms with Crippen molar-refractivity contribution in [2.24, 2.45) is 5.92 Å². The predicted molar refractivity (Wildman–Crippen MR) is 77.6 cm³/mol. The van der Waals surface area contributed by atoms with E-state index in [1.54, 1.807) is 0 Å². The molecule has 1 amide bonds. The van der Waals surface area contributed by atoms with Crippen molar-refractivity contribution >= 4 is 5.91 Å². The summed E-state index contributed by atoms with van der Waals surface area (Å²) >= 11 is 0. The van der Waals surface area contributed by atoms with Crippen LogP contribution in [-0.4, -0.2) is 65.1 Å². The third-order valence-corrected chi connectivity index (χ3v) is 3.79. The Hall–Kier alpha value is -1.44. The first-order valence-electron chi connectivity index (χ1n) is 7.29. The fourth-order valence-electron chi connectivity index (χ4n) is 2.74. The minimum absolute atomic E-state index is 0.0288. The van der Waals surface area contributed by atoms with Gasteiger partial charge in [0.15, 0.2) is 0 Å². The van der Waals surface area contributed by atoms with Crippen molar-refractivity contribution in [3.05, 3.63) is 18.0 Å². The molecule has 1 aromatic heterocycles. The minimum atomic E-state index is -0.137. The highest BCUT2D eigenvalue weighted by Gasteiger charge is 2.33. The van der Waals surface area contributed by atoms with Gasteiger partial charge in [0.05, 0.1) is 6.20 Å². The first-order chi connectivity index (χ1) is 10.2. The van der Waals surface area contributed by atoms with E-state index in [1.807, 2.05) is 17.1 Å². The predicted octanol–water partition coefficient (Wildman–Crippen LogP) is -0.542. The SMILES string of the molecule is CCn1cc(CN2C[C@@H](CO)[C@H](NC(=O)COC)C2)cn1. The van der Waals surface area contributed by atoms with Crippen LogP contribution in [0, 0.1) is 5.92 Å². The second-order valence-corrected chi connectivity index (χ2v) is 5.45. The molecule has 1 aromatic rings. The molecule has 0 unspecified atom stereocenters. The fourth-order valence-corrected chi connectivity index (χ4v) is 2.74. The molecule has 1 fully saturated rings. The van der Waals surface area contributed by atoms with E-state index in [4.69, 9.17) is 4.74 Å². The number of methoxy groups -OCH3 is 1. The molecule has 0 spiro atoms. The van der Waals surface area contributed by atoms with E-state index in [9.17, 15) is 9.90 Å². The standard InChI is InChI=1S/C14H24N4O3/c1-3-18-6-11(4-15-18)5-17-7-12(9-19)13(8-17)16-14(20)10-21-2/h4,6,12-13,19H,3,5,7-10H2,1-2H3,(H,16,20)/t12-,13+/m0/s1. The van der Waals surface area contributed by atoms with Crippen LogP contribution in [0.5, 0.6) is 0 Å². The van der Waals surface area contributed by atoms with Crippen LogP contribution in [0.15, 0.2) is 12.4 Å². The number of aliphatic hydroxyl groups excluding tert-OH is 1. The number of rotatable bonds is 7. The van der Waals surface area contributed by atoms with Gasteiger partial charge in [0, 0.05) is 63.6 Å². The van der Waals surface area contributed by atoms with Gasteiger partial charge in [-0.15, -0.1) is 0 Å². The molecule has 21 heavy (non-hydrogen) atoms. The normalized spacial score (nSPS) is 22.6. The number of aliphatic hydroxyl groups is 1. The van der Waals surface area contributed by atoms with E-state index in [-0.39, 0.29) is 31.1 Å². The van der Waals surface area contributed by atoms with Crippen LogP contribution in [0.1, 0.15) is 12.5 Å². The highest BCUT2D eigenvalue weighted by molar-refractivity contribution is 5.77. The van der Waals surface area contributed by atoms with Crippen molar-refractivity contribution in [2.75, 3.05) is 33.4 Å². The van der Waals surface area contributed by atoms with Gasteiger partial charge in [0.25, 0.3) is 0 Å². The topological polar surface area (TPSA) is 79.6 Å². The second kappa shape index (κ2) is 7.53. The lowest BCUT2D eigenvalue weighted by Crippen LogP contribution is -2.43. The molecule has 2 heterocycles. The Morgan fingerprint density at radius 1 is 1.57 bits per heavy atom. The molecule has 0 saturated carbocycles. The first-order valence-corrected chi connectivity index (χ1v) is 7.29. The van der Waals surface area contributed by atoms with Crippen LogP contribution >= 0.6 is 0 Å². The van der Waals surface area contributed by atoms with Gasteiger partial charge in [0.1, 0.15) is 6.61 Å². The Labute approximate surface area is 124 Å². The maximum atomic E-state index is 11.6. The number of nitrogens with one attached hydrogen (secondary N) is 1. The number of amides is 1. The van der Waals surface area contributed by atoms with Crippen LogP contribution in [0.3, 0.4) is 0 Å². The molecule has 2 rings (SSSR count). The third-order valence-electron chi connectivity index (χ3n) is 3.79. The zero-order chi connectivity index (χ0) is 15.2. The van der Waals surface area contributed by atoms with E-state index < -0.39 is 0 Å². The van der Waals surface area contributed by atoms with Gasteiger partial charge in [-0.1, -0.05) is 0 Å². The highest BCUT2D eigenvalue weighted by Crippen LogP contribution is 2.19. The number of hydrogen-bond donors (Lipinski definition) is 2. The van der Waals surface area contributed by atoms with Crippen LogP contribution in [0.2, 0.25) is 0 Å². The lowest BCUT2D eigenvalue weighted by molar-refractivity contribution is -0.125. The zero-order valence-electron chi connectivity index (χ0n) is 12.7. The van der Waals surface area contributed by atoms with Gasteiger partial charge >= 0.3 is 0 Å². The molecule has 0 bridgehead atoms. The molecule has 7 nitrogen and oxygen atoms in total. The van der Waals surface area contributed by atoms with E-state index >= 15 is 0 Å². The van der Waals surface area contributed by atoms with Gasteiger partial charge in [-0.2, -0.15) is 5.10 Å². The summed E-state index contributed by atoms with van der Waals surface area (Å²) in [6, 6.07) is -0.0288. The van der Waals surface area contributed by atoms with Gasteiger partial charge in [0.2, 0.25) is 5.91 Å². The van der Waals surface area contributed by atoms with Crippen molar-refractivity contribution in [2.45, 2.75) is 26.1 Å². The summed E-state index contributed by atoms with van der Waals surface area (Å²) < 4.78 is 6.72. The van der Waals surface area contributed by atoms with Gasteiger partial charge in [-0.3, -0.25) is 14.4 Å². The van der Waals surface area contributed by atoms with Crippen molar-refractivity contribution < 1.29 is 14.6 Å². The molecule has 0 aliphatic carbocycles. The molecular weight excluding hydrogens is 272 g/mol. The number of carbonyl (C=O) groups excluding carboxylic acids is 1. The van der Waals surface area contributed by atoms with E-state index in [0.29, 0.717) is 0 Å². The van der Waals surface area contributed by atoms with Crippen LogP contribution in [0.4, 0.5) is 0 Å². The summed E-state index contributed by atoms with van der Waals surface area (Å²) in [5, 5.41) is 16.7. The Bertz CT molecular complexity index is 463. The van der Waals surface area contributed by atoms with Gasteiger partial charge in [-0.25, -0.2) is 0 Å². The smallest absolute Gasteiger partial charge is 0.246 e. The lowest BCUT2D eigenvalue weighted by Gasteiger charge is -2.17. The fraction of sp³-hybridized carbons (Fsp3) is 0.714. The minimum Gasteiger partial charge on any atom is -0.396 e. The third kappa shape index (κ3) is 4.26. The number of carbonyl (C=O) groups is 1. The van der Waals surface area contributed by atoms with Crippen molar-refractivity contribution in [1.29, 1.82) is 0 Å². The largest absolute Gasteiger partial charge is 0.396 e. The molecule has 0 radical (unpaired) electrons. The number of aromatic nitrogens is 2.